The Kier molecular flexibility index (Phi) is 9.83. The van der Waals surface area contributed by atoms with Crippen molar-refractivity contribution in [1.82, 2.24) is 4.90 Å². The van der Waals surface area contributed by atoms with Gasteiger partial charge in [0.15, 0.2) is 0 Å². The standard InChI is InChI=1S/C33H47N3O6/c1-7-12-13-21-41-31(40)27-26-29(38)36(23(9-3)22-37)28(33(26)19-18-32(27,6)42-33)30(39)35(20-8-2)25-16-14-24(15-17-25)34(10-4)11-5/h7-8,14-17,23,26-28,37H,1-2,9-13,18-22H2,3-6H3/t23-,26-,27-,28?,32+,33?/m0/s1. The average Bonchev–Trinajstić information content (AvgIpc) is 3.56. The number of ether oxygens (including phenoxy) is 2. The minimum atomic E-state index is -1.20. The summed E-state index contributed by atoms with van der Waals surface area (Å²) < 4.78 is 12.4. The number of anilines is 2. The molecule has 3 heterocycles. The summed E-state index contributed by atoms with van der Waals surface area (Å²) in [6.07, 6.45) is 6.21. The number of aliphatic hydroxyl groups is 1. The van der Waals surface area contributed by atoms with E-state index in [-0.39, 0.29) is 31.6 Å². The molecule has 1 aromatic rings. The van der Waals surface area contributed by atoms with Gasteiger partial charge in [-0.2, -0.15) is 0 Å². The van der Waals surface area contributed by atoms with Crippen molar-refractivity contribution in [2.75, 3.05) is 42.6 Å². The molecule has 3 aliphatic rings. The van der Waals surface area contributed by atoms with Crippen molar-refractivity contribution in [2.45, 2.75) is 83.1 Å². The molecular formula is C33H47N3O6. The third-order valence-corrected chi connectivity index (χ3v) is 9.44. The Morgan fingerprint density at radius 1 is 1.14 bits per heavy atom. The molecule has 9 heteroatoms. The summed E-state index contributed by atoms with van der Waals surface area (Å²) >= 11 is 0. The SMILES string of the molecule is C=CCCCOC(=O)[C@@H]1[C@H]2C(=O)N([C@@H](CC)CO)C(C(=O)N(CC=C)c3ccc(N(CC)CC)cc3)C23CC[C@@]1(C)O3. The molecule has 0 radical (unpaired) electrons. The van der Waals surface area contributed by atoms with Gasteiger partial charge in [0.1, 0.15) is 17.6 Å². The van der Waals surface area contributed by atoms with Crippen LogP contribution in [-0.4, -0.2) is 83.9 Å². The summed E-state index contributed by atoms with van der Waals surface area (Å²) in [4.78, 5) is 47.9. The summed E-state index contributed by atoms with van der Waals surface area (Å²) in [6, 6.07) is 6.20. The van der Waals surface area contributed by atoms with Crippen molar-refractivity contribution in [3.8, 4) is 0 Å². The Morgan fingerprint density at radius 2 is 1.81 bits per heavy atom. The predicted molar refractivity (Wildman–Crippen MR) is 163 cm³/mol. The predicted octanol–water partition coefficient (Wildman–Crippen LogP) is 4.10. The molecule has 230 valence electrons. The first-order valence-electron chi connectivity index (χ1n) is 15.4. The zero-order chi connectivity index (χ0) is 30.7. The fraction of sp³-hybridized carbons (Fsp3) is 0.606. The number of benzene rings is 1. The van der Waals surface area contributed by atoms with E-state index in [9.17, 15) is 19.5 Å². The molecule has 2 bridgehead atoms. The van der Waals surface area contributed by atoms with Gasteiger partial charge < -0.3 is 29.3 Å². The van der Waals surface area contributed by atoms with Gasteiger partial charge in [0.2, 0.25) is 5.91 Å². The second-order valence-electron chi connectivity index (χ2n) is 11.7. The molecular weight excluding hydrogens is 534 g/mol. The van der Waals surface area contributed by atoms with Gasteiger partial charge in [-0.1, -0.05) is 19.1 Å². The third-order valence-electron chi connectivity index (χ3n) is 9.44. The van der Waals surface area contributed by atoms with Crippen LogP contribution in [0.4, 0.5) is 11.4 Å². The Labute approximate surface area is 250 Å². The molecule has 4 rings (SSSR count). The summed E-state index contributed by atoms with van der Waals surface area (Å²) in [5, 5.41) is 10.3. The highest BCUT2D eigenvalue weighted by Crippen LogP contribution is 2.63. The van der Waals surface area contributed by atoms with Crippen LogP contribution < -0.4 is 9.80 Å². The largest absolute Gasteiger partial charge is 0.465 e. The quantitative estimate of drug-likeness (QED) is 0.189. The molecule has 3 fully saturated rings. The maximum Gasteiger partial charge on any atom is 0.312 e. The number of carbonyl (C=O) groups excluding carboxylic acids is 3. The van der Waals surface area contributed by atoms with E-state index in [0.29, 0.717) is 37.8 Å². The minimum Gasteiger partial charge on any atom is -0.465 e. The molecule has 0 saturated carbocycles. The van der Waals surface area contributed by atoms with Crippen molar-refractivity contribution in [1.29, 1.82) is 0 Å². The number of hydrogen-bond acceptors (Lipinski definition) is 7. The molecule has 1 spiro atoms. The van der Waals surface area contributed by atoms with Crippen molar-refractivity contribution >= 4 is 29.2 Å². The molecule has 42 heavy (non-hydrogen) atoms. The zero-order valence-electron chi connectivity index (χ0n) is 25.6. The van der Waals surface area contributed by atoms with Crippen molar-refractivity contribution in [3.63, 3.8) is 0 Å². The molecule has 0 aromatic heterocycles. The molecule has 1 N–H and O–H groups in total. The van der Waals surface area contributed by atoms with E-state index in [1.807, 2.05) is 38.1 Å². The lowest BCUT2D eigenvalue weighted by Gasteiger charge is -2.39. The van der Waals surface area contributed by atoms with Crippen LogP contribution in [0.1, 0.15) is 59.8 Å². The van der Waals surface area contributed by atoms with Crippen LogP contribution in [0.25, 0.3) is 0 Å². The summed E-state index contributed by atoms with van der Waals surface area (Å²) in [7, 11) is 0. The number of nitrogens with zero attached hydrogens (tertiary/aromatic N) is 3. The molecule has 2 amide bonds. The van der Waals surface area contributed by atoms with E-state index < -0.39 is 41.1 Å². The molecule has 2 unspecified atom stereocenters. The monoisotopic (exact) mass is 581 g/mol. The Balaban J connectivity index is 1.74. The fourth-order valence-electron chi connectivity index (χ4n) is 7.33. The highest BCUT2D eigenvalue weighted by Gasteiger charge is 2.79. The van der Waals surface area contributed by atoms with Crippen LogP contribution in [0.5, 0.6) is 0 Å². The van der Waals surface area contributed by atoms with Gasteiger partial charge in [0.25, 0.3) is 5.91 Å². The number of fused-ring (bicyclic) bond motifs is 1. The number of allylic oxidation sites excluding steroid dienone is 1. The average molecular weight is 582 g/mol. The lowest BCUT2D eigenvalue weighted by Crippen LogP contribution is -2.59. The highest BCUT2D eigenvalue weighted by molar-refractivity contribution is 6.05. The summed E-state index contributed by atoms with van der Waals surface area (Å²) in [5.74, 6) is -2.81. The molecule has 1 aromatic carbocycles. The zero-order valence-corrected chi connectivity index (χ0v) is 25.6. The van der Waals surface area contributed by atoms with Gasteiger partial charge in [-0.25, -0.2) is 0 Å². The number of likely N-dealkylation sites (tertiary alicyclic amines) is 1. The number of rotatable bonds is 15. The van der Waals surface area contributed by atoms with Crippen LogP contribution in [0.3, 0.4) is 0 Å². The fourth-order valence-corrected chi connectivity index (χ4v) is 7.33. The molecule has 0 aliphatic carbocycles. The number of aliphatic hydroxyl groups excluding tert-OH is 1. The molecule has 6 atom stereocenters. The first-order valence-corrected chi connectivity index (χ1v) is 15.4. The van der Waals surface area contributed by atoms with Gasteiger partial charge in [-0.15, -0.1) is 13.2 Å². The first-order chi connectivity index (χ1) is 20.2. The first kappa shape index (κ1) is 31.8. The van der Waals surface area contributed by atoms with E-state index in [1.165, 1.54) is 4.90 Å². The maximum absolute atomic E-state index is 14.7. The van der Waals surface area contributed by atoms with Crippen LogP contribution in [0.2, 0.25) is 0 Å². The second kappa shape index (κ2) is 13.0. The minimum absolute atomic E-state index is 0.224. The van der Waals surface area contributed by atoms with E-state index in [0.717, 1.165) is 18.8 Å². The Morgan fingerprint density at radius 3 is 2.38 bits per heavy atom. The second-order valence-corrected chi connectivity index (χ2v) is 11.7. The number of carbonyl (C=O) groups is 3. The normalized spacial score (nSPS) is 28.4. The third kappa shape index (κ3) is 5.26. The smallest absolute Gasteiger partial charge is 0.312 e. The molecule has 9 nitrogen and oxygen atoms in total. The van der Waals surface area contributed by atoms with Gasteiger partial charge in [-0.3, -0.25) is 14.4 Å². The van der Waals surface area contributed by atoms with E-state index in [4.69, 9.17) is 9.47 Å². The number of esters is 1. The van der Waals surface area contributed by atoms with Crippen LogP contribution in [0.15, 0.2) is 49.6 Å². The highest BCUT2D eigenvalue weighted by atomic mass is 16.6. The number of amides is 2. The van der Waals surface area contributed by atoms with Crippen molar-refractivity contribution in [3.05, 3.63) is 49.6 Å². The molecule has 3 saturated heterocycles. The molecule has 3 aliphatic heterocycles. The lowest BCUT2D eigenvalue weighted by molar-refractivity contribution is -0.160. The van der Waals surface area contributed by atoms with E-state index in [2.05, 4.69) is 31.9 Å². The van der Waals surface area contributed by atoms with Crippen molar-refractivity contribution in [2.24, 2.45) is 11.8 Å². The van der Waals surface area contributed by atoms with Crippen LogP contribution in [0, 0.1) is 11.8 Å². The maximum atomic E-state index is 14.7. The summed E-state index contributed by atoms with van der Waals surface area (Å²) in [5.41, 5.74) is -0.387. The van der Waals surface area contributed by atoms with Crippen LogP contribution in [-0.2, 0) is 23.9 Å². The summed E-state index contributed by atoms with van der Waals surface area (Å²) in [6.45, 7) is 17.4. The van der Waals surface area contributed by atoms with Gasteiger partial charge >= 0.3 is 5.97 Å². The van der Waals surface area contributed by atoms with Gasteiger partial charge in [0.05, 0.1) is 30.8 Å². The van der Waals surface area contributed by atoms with Crippen molar-refractivity contribution < 1.29 is 29.0 Å². The topological polar surface area (TPSA) is 99.6 Å². The Hall–Kier alpha value is -3.17. The Bertz CT molecular complexity index is 1160. The number of unbranched alkanes of at least 4 members (excludes halogenated alkanes) is 1. The van der Waals surface area contributed by atoms with Crippen LogP contribution >= 0.6 is 0 Å². The lowest BCUT2D eigenvalue weighted by atomic mass is 9.66. The van der Waals surface area contributed by atoms with E-state index >= 15 is 0 Å². The van der Waals surface area contributed by atoms with Gasteiger partial charge in [0, 0.05) is 31.0 Å². The van der Waals surface area contributed by atoms with E-state index in [1.54, 1.807) is 17.1 Å². The van der Waals surface area contributed by atoms with Gasteiger partial charge in [-0.05, 0) is 77.1 Å². The number of hydrogen-bond donors (Lipinski definition) is 1.